The molecule has 0 atom stereocenters. The highest BCUT2D eigenvalue weighted by atomic mass is 35.5. The Bertz CT molecular complexity index is 590. The molecular weight excluding hydrogens is 272 g/mol. The van der Waals surface area contributed by atoms with E-state index in [1.165, 1.54) is 24.3 Å². The standard InChI is InChI=1S/C14H12ClF2NO/c1-18-8-9-3-2-4-13(17)14(9)19-10-5-6-12(16)11(15)7-10/h2-7,18H,8H2,1H3. The molecule has 2 rings (SSSR count). The van der Waals surface area contributed by atoms with Gasteiger partial charge in [-0.05, 0) is 25.2 Å². The van der Waals surface area contributed by atoms with E-state index in [2.05, 4.69) is 5.32 Å². The van der Waals surface area contributed by atoms with Crippen molar-refractivity contribution in [1.29, 1.82) is 0 Å². The first kappa shape index (κ1) is 13.8. The molecule has 0 aliphatic carbocycles. The number of ether oxygens (including phenoxy) is 1. The molecule has 2 nitrogen and oxygen atoms in total. The fourth-order valence-electron chi connectivity index (χ4n) is 1.66. The molecular formula is C14H12ClF2NO. The molecule has 2 aromatic carbocycles. The van der Waals surface area contributed by atoms with E-state index in [0.29, 0.717) is 12.1 Å². The van der Waals surface area contributed by atoms with Gasteiger partial charge >= 0.3 is 0 Å². The minimum atomic E-state index is -0.544. The zero-order chi connectivity index (χ0) is 13.8. The summed E-state index contributed by atoms with van der Waals surface area (Å²) in [7, 11) is 1.75. The maximum atomic E-state index is 13.8. The summed E-state index contributed by atoms with van der Waals surface area (Å²) >= 11 is 5.66. The van der Waals surface area contributed by atoms with Crippen molar-refractivity contribution in [3.8, 4) is 11.5 Å². The highest BCUT2D eigenvalue weighted by Gasteiger charge is 2.11. The third-order valence-electron chi connectivity index (χ3n) is 2.53. The van der Waals surface area contributed by atoms with Crippen LogP contribution in [0.4, 0.5) is 8.78 Å². The lowest BCUT2D eigenvalue weighted by Gasteiger charge is -2.12. The van der Waals surface area contributed by atoms with Gasteiger partial charge in [0.15, 0.2) is 11.6 Å². The van der Waals surface area contributed by atoms with Gasteiger partial charge in [0.25, 0.3) is 0 Å². The molecule has 0 saturated heterocycles. The van der Waals surface area contributed by atoms with Gasteiger partial charge in [0, 0.05) is 18.2 Å². The molecule has 0 aliphatic rings. The number of rotatable bonds is 4. The third kappa shape index (κ3) is 3.22. The Morgan fingerprint density at radius 2 is 1.95 bits per heavy atom. The molecule has 0 fully saturated rings. The van der Waals surface area contributed by atoms with E-state index in [1.807, 2.05) is 0 Å². The van der Waals surface area contributed by atoms with E-state index in [-0.39, 0.29) is 16.5 Å². The minimum absolute atomic E-state index is 0.0657. The van der Waals surface area contributed by atoms with Crippen LogP contribution in [0.25, 0.3) is 0 Å². The van der Waals surface area contributed by atoms with E-state index in [9.17, 15) is 8.78 Å². The average molecular weight is 284 g/mol. The Kier molecular flexibility index (Phi) is 4.35. The van der Waals surface area contributed by atoms with Gasteiger partial charge in [-0.2, -0.15) is 0 Å². The Morgan fingerprint density at radius 3 is 2.63 bits per heavy atom. The molecule has 0 radical (unpaired) electrons. The highest BCUT2D eigenvalue weighted by molar-refractivity contribution is 6.30. The number of nitrogens with one attached hydrogen (secondary N) is 1. The molecule has 0 aliphatic heterocycles. The minimum Gasteiger partial charge on any atom is -0.454 e. The molecule has 0 aromatic heterocycles. The average Bonchev–Trinajstić information content (AvgIpc) is 2.38. The fourth-order valence-corrected chi connectivity index (χ4v) is 1.83. The second kappa shape index (κ2) is 5.99. The lowest BCUT2D eigenvalue weighted by Crippen LogP contribution is -2.07. The summed E-state index contributed by atoms with van der Waals surface area (Å²) in [5, 5.41) is 2.86. The number of hydrogen-bond acceptors (Lipinski definition) is 2. The molecule has 0 bridgehead atoms. The zero-order valence-corrected chi connectivity index (χ0v) is 11.0. The SMILES string of the molecule is CNCc1cccc(F)c1Oc1ccc(F)c(Cl)c1. The van der Waals surface area contributed by atoms with Crippen LogP contribution in [-0.4, -0.2) is 7.05 Å². The molecule has 100 valence electrons. The molecule has 5 heteroatoms. The van der Waals surface area contributed by atoms with Gasteiger partial charge in [-0.25, -0.2) is 8.78 Å². The van der Waals surface area contributed by atoms with E-state index < -0.39 is 11.6 Å². The van der Waals surface area contributed by atoms with Crippen molar-refractivity contribution in [2.45, 2.75) is 6.54 Å². The predicted octanol–water partition coefficient (Wildman–Crippen LogP) is 4.13. The summed E-state index contributed by atoms with van der Waals surface area (Å²) in [6.45, 7) is 0.460. The van der Waals surface area contributed by atoms with Crippen molar-refractivity contribution >= 4 is 11.6 Å². The van der Waals surface area contributed by atoms with Crippen molar-refractivity contribution in [1.82, 2.24) is 5.32 Å². The van der Waals surface area contributed by atoms with Gasteiger partial charge in [0.2, 0.25) is 0 Å². The van der Waals surface area contributed by atoms with Crippen molar-refractivity contribution in [2.75, 3.05) is 7.05 Å². The van der Waals surface area contributed by atoms with Gasteiger partial charge in [-0.1, -0.05) is 23.7 Å². The summed E-state index contributed by atoms with van der Waals surface area (Å²) < 4.78 is 32.3. The molecule has 0 amide bonds. The molecule has 0 spiro atoms. The Hall–Kier alpha value is -1.65. The van der Waals surface area contributed by atoms with Crippen LogP contribution >= 0.6 is 11.6 Å². The predicted molar refractivity (Wildman–Crippen MR) is 70.6 cm³/mol. The first-order valence-corrected chi connectivity index (χ1v) is 6.04. The van der Waals surface area contributed by atoms with Crippen molar-refractivity contribution in [3.05, 3.63) is 58.6 Å². The monoisotopic (exact) mass is 283 g/mol. The van der Waals surface area contributed by atoms with Crippen molar-refractivity contribution in [3.63, 3.8) is 0 Å². The Balaban J connectivity index is 2.34. The lowest BCUT2D eigenvalue weighted by molar-refractivity contribution is 0.433. The van der Waals surface area contributed by atoms with Crippen LogP contribution in [0.15, 0.2) is 36.4 Å². The van der Waals surface area contributed by atoms with E-state index in [4.69, 9.17) is 16.3 Å². The van der Waals surface area contributed by atoms with Crippen molar-refractivity contribution in [2.24, 2.45) is 0 Å². The zero-order valence-electron chi connectivity index (χ0n) is 10.2. The number of hydrogen-bond donors (Lipinski definition) is 1. The first-order valence-electron chi connectivity index (χ1n) is 5.66. The van der Waals surface area contributed by atoms with Gasteiger partial charge in [0.05, 0.1) is 5.02 Å². The Morgan fingerprint density at radius 1 is 1.16 bits per heavy atom. The van der Waals surface area contributed by atoms with E-state index in [0.717, 1.165) is 0 Å². The van der Waals surface area contributed by atoms with Crippen LogP contribution in [0.1, 0.15) is 5.56 Å². The van der Waals surface area contributed by atoms with Crippen LogP contribution in [0, 0.1) is 11.6 Å². The smallest absolute Gasteiger partial charge is 0.167 e. The van der Waals surface area contributed by atoms with Crippen LogP contribution in [0.2, 0.25) is 5.02 Å². The summed E-state index contributed by atoms with van der Waals surface area (Å²) in [4.78, 5) is 0. The van der Waals surface area contributed by atoms with Crippen LogP contribution in [0.5, 0.6) is 11.5 Å². The Labute approximate surface area is 115 Å². The molecule has 19 heavy (non-hydrogen) atoms. The second-order valence-corrected chi connectivity index (χ2v) is 4.34. The maximum absolute atomic E-state index is 13.8. The highest BCUT2D eigenvalue weighted by Crippen LogP contribution is 2.30. The fraction of sp³-hybridized carbons (Fsp3) is 0.143. The van der Waals surface area contributed by atoms with Gasteiger partial charge < -0.3 is 10.1 Å². The molecule has 1 N–H and O–H groups in total. The first-order chi connectivity index (χ1) is 9.11. The maximum Gasteiger partial charge on any atom is 0.167 e. The second-order valence-electron chi connectivity index (χ2n) is 3.94. The molecule has 0 unspecified atom stereocenters. The van der Waals surface area contributed by atoms with Gasteiger partial charge in [-0.15, -0.1) is 0 Å². The van der Waals surface area contributed by atoms with E-state index in [1.54, 1.807) is 19.2 Å². The van der Waals surface area contributed by atoms with Gasteiger partial charge in [0.1, 0.15) is 11.6 Å². The number of para-hydroxylation sites is 1. The van der Waals surface area contributed by atoms with Gasteiger partial charge in [-0.3, -0.25) is 0 Å². The van der Waals surface area contributed by atoms with Crippen molar-refractivity contribution < 1.29 is 13.5 Å². The number of halogens is 3. The van der Waals surface area contributed by atoms with Crippen LogP contribution in [-0.2, 0) is 6.54 Å². The summed E-state index contributed by atoms with van der Waals surface area (Å²) in [5.74, 6) is -0.625. The molecule has 0 heterocycles. The largest absolute Gasteiger partial charge is 0.454 e. The summed E-state index contributed by atoms with van der Waals surface area (Å²) in [6.07, 6.45) is 0. The quantitative estimate of drug-likeness (QED) is 0.911. The van der Waals surface area contributed by atoms with Crippen LogP contribution in [0.3, 0.4) is 0 Å². The van der Waals surface area contributed by atoms with Crippen LogP contribution < -0.4 is 10.1 Å². The molecule has 0 saturated carbocycles. The van der Waals surface area contributed by atoms with E-state index >= 15 is 0 Å². The third-order valence-corrected chi connectivity index (χ3v) is 2.82. The topological polar surface area (TPSA) is 21.3 Å². The summed E-state index contributed by atoms with van der Waals surface area (Å²) in [6, 6.07) is 8.55. The lowest BCUT2D eigenvalue weighted by atomic mass is 10.2. The normalized spacial score (nSPS) is 10.5. The summed E-state index contributed by atoms with van der Waals surface area (Å²) in [5.41, 5.74) is 0.669. The number of benzene rings is 2. The molecule has 2 aromatic rings.